The summed E-state index contributed by atoms with van der Waals surface area (Å²) in [5.74, 6) is 3.38. The quantitative estimate of drug-likeness (QED) is 0.829. The van der Waals surface area contributed by atoms with Crippen molar-refractivity contribution in [3.05, 3.63) is 11.6 Å². The fourth-order valence-electron chi connectivity index (χ4n) is 2.45. The van der Waals surface area contributed by atoms with Gasteiger partial charge in [0.05, 0.1) is 0 Å². The first-order valence-corrected chi connectivity index (χ1v) is 6.88. The van der Waals surface area contributed by atoms with E-state index in [0.717, 1.165) is 17.6 Å². The molecule has 1 aromatic heterocycles. The Kier molecular flexibility index (Phi) is 3.55. The molecule has 0 bridgehead atoms. The van der Waals surface area contributed by atoms with E-state index in [2.05, 4.69) is 42.6 Å². The third-order valence-electron chi connectivity index (χ3n) is 3.72. The SMILES string of the molecule is CC1CCC(c2nc(N)nc(C(C)(C)C)n2)CC1. The van der Waals surface area contributed by atoms with Crippen LogP contribution >= 0.6 is 0 Å². The summed E-state index contributed by atoms with van der Waals surface area (Å²) in [6, 6.07) is 0. The van der Waals surface area contributed by atoms with E-state index in [1.807, 2.05) is 0 Å². The summed E-state index contributed by atoms with van der Waals surface area (Å²) < 4.78 is 0. The van der Waals surface area contributed by atoms with Gasteiger partial charge in [-0.15, -0.1) is 0 Å². The van der Waals surface area contributed by atoms with Gasteiger partial charge in [0.1, 0.15) is 11.6 Å². The summed E-state index contributed by atoms with van der Waals surface area (Å²) in [5.41, 5.74) is 5.75. The van der Waals surface area contributed by atoms with E-state index < -0.39 is 0 Å². The Morgan fingerprint density at radius 1 is 1.00 bits per heavy atom. The van der Waals surface area contributed by atoms with E-state index in [0.29, 0.717) is 11.9 Å². The highest BCUT2D eigenvalue weighted by Gasteiger charge is 2.25. The first-order valence-electron chi connectivity index (χ1n) is 6.88. The van der Waals surface area contributed by atoms with Gasteiger partial charge >= 0.3 is 0 Å². The maximum Gasteiger partial charge on any atom is 0.223 e. The van der Waals surface area contributed by atoms with Crippen molar-refractivity contribution in [3.8, 4) is 0 Å². The molecule has 2 N–H and O–H groups in total. The summed E-state index contributed by atoms with van der Waals surface area (Å²) in [4.78, 5) is 13.3. The molecule has 0 unspecified atom stereocenters. The molecule has 0 aromatic carbocycles. The molecule has 4 heteroatoms. The zero-order chi connectivity index (χ0) is 13.3. The number of aromatic nitrogens is 3. The van der Waals surface area contributed by atoms with E-state index >= 15 is 0 Å². The van der Waals surface area contributed by atoms with Crippen molar-refractivity contribution in [2.75, 3.05) is 5.73 Å². The van der Waals surface area contributed by atoms with E-state index in [-0.39, 0.29) is 5.41 Å². The normalized spacial score (nSPS) is 25.1. The third kappa shape index (κ3) is 2.98. The fraction of sp³-hybridized carbons (Fsp3) is 0.786. The number of hydrogen-bond acceptors (Lipinski definition) is 4. The van der Waals surface area contributed by atoms with Crippen LogP contribution in [0.3, 0.4) is 0 Å². The lowest BCUT2D eigenvalue weighted by Crippen LogP contribution is -2.22. The minimum absolute atomic E-state index is 0.0756. The van der Waals surface area contributed by atoms with Crippen LogP contribution in [0.1, 0.15) is 70.9 Å². The Labute approximate surface area is 109 Å². The lowest BCUT2D eigenvalue weighted by atomic mass is 9.82. The molecule has 1 aliphatic rings. The lowest BCUT2D eigenvalue weighted by molar-refractivity contribution is 0.337. The van der Waals surface area contributed by atoms with E-state index in [9.17, 15) is 0 Å². The Hall–Kier alpha value is -1.19. The minimum Gasteiger partial charge on any atom is -0.368 e. The predicted molar refractivity (Wildman–Crippen MR) is 73.3 cm³/mol. The van der Waals surface area contributed by atoms with Gasteiger partial charge in [-0.3, -0.25) is 0 Å². The van der Waals surface area contributed by atoms with Crippen molar-refractivity contribution in [2.45, 2.75) is 64.7 Å². The zero-order valence-corrected chi connectivity index (χ0v) is 11.9. The number of nitrogens with two attached hydrogens (primary N) is 1. The number of rotatable bonds is 1. The summed E-state index contributed by atoms with van der Waals surface area (Å²) in [6.07, 6.45) is 4.88. The van der Waals surface area contributed by atoms with Crippen LogP contribution in [0.4, 0.5) is 5.95 Å². The van der Waals surface area contributed by atoms with Gasteiger partial charge in [-0.25, -0.2) is 4.98 Å². The van der Waals surface area contributed by atoms with Crippen LogP contribution in [-0.2, 0) is 5.41 Å². The van der Waals surface area contributed by atoms with Crippen molar-refractivity contribution in [3.63, 3.8) is 0 Å². The van der Waals surface area contributed by atoms with Crippen molar-refractivity contribution in [2.24, 2.45) is 5.92 Å². The molecular weight excluding hydrogens is 224 g/mol. The molecule has 1 aromatic rings. The molecule has 18 heavy (non-hydrogen) atoms. The number of nitrogens with zero attached hydrogens (tertiary/aromatic N) is 3. The summed E-state index contributed by atoms with van der Waals surface area (Å²) in [6.45, 7) is 8.63. The zero-order valence-electron chi connectivity index (χ0n) is 11.9. The van der Waals surface area contributed by atoms with Gasteiger partial charge in [0.25, 0.3) is 0 Å². The number of anilines is 1. The Morgan fingerprint density at radius 3 is 2.17 bits per heavy atom. The van der Waals surface area contributed by atoms with E-state index in [4.69, 9.17) is 5.73 Å². The predicted octanol–water partition coefficient (Wildman–Crippen LogP) is 3.05. The maximum atomic E-state index is 5.83. The van der Waals surface area contributed by atoms with Crippen LogP contribution in [0.5, 0.6) is 0 Å². The van der Waals surface area contributed by atoms with E-state index in [1.165, 1.54) is 25.7 Å². The molecule has 100 valence electrons. The second kappa shape index (κ2) is 4.82. The molecule has 2 rings (SSSR count). The van der Waals surface area contributed by atoms with Crippen molar-refractivity contribution in [1.29, 1.82) is 0 Å². The molecule has 0 radical (unpaired) electrons. The maximum absolute atomic E-state index is 5.83. The van der Waals surface area contributed by atoms with Gasteiger partial charge in [-0.2, -0.15) is 9.97 Å². The molecule has 0 spiro atoms. The lowest BCUT2D eigenvalue weighted by Gasteiger charge is -2.26. The van der Waals surface area contributed by atoms with Crippen molar-refractivity contribution < 1.29 is 0 Å². The smallest absolute Gasteiger partial charge is 0.223 e. The molecule has 1 saturated carbocycles. The summed E-state index contributed by atoms with van der Waals surface area (Å²) in [5, 5.41) is 0. The van der Waals surface area contributed by atoms with Crippen LogP contribution in [0.15, 0.2) is 0 Å². The van der Waals surface area contributed by atoms with Gasteiger partial charge in [0.15, 0.2) is 0 Å². The van der Waals surface area contributed by atoms with Gasteiger partial charge in [0.2, 0.25) is 5.95 Å². The molecule has 0 saturated heterocycles. The van der Waals surface area contributed by atoms with Crippen LogP contribution < -0.4 is 5.73 Å². The van der Waals surface area contributed by atoms with Crippen LogP contribution in [-0.4, -0.2) is 15.0 Å². The second-order valence-corrected chi connectivity index (χ2v) is 6.58. The fourth-order valence-corrected chi connectivity index (χ4v) is 2.45. The molecule has 1 heterocycles. The average Bonchev–Trinajstić information content (AvgIpc) is 2.28. The topological polar surface area (TPSA) is 64.7 Å². The highest BCUT2D eigenvalue weighted by molar-refractivity contribution is 5.20. The van der Waals surface area contributed by atoms with Crippen LogP contribution in [0.25, 0.3) is 0 Å². The number of hydrogen-bond donors (Lipinski definition) is 1. The largest absolute Gasteiger partial charge is 0.368 e. The van der Waals surface area contributed by atoms with Crippen molar-refractivity contribution in [1.82, 2.24) is 15.0 Å². The highest BCUT2D eigenvalue weighted by atomic mass is 15.1. The van der Waals surface area contributed by atoms with Crippen molar-refractivity contribution >= 4 is 5.95 Å². The Morgan fingerprint density at radius 2 is 1.61 bits per heavy atom. The van der Waals surface area contributed by atoms with Gasteiger partial charge in [-0.05, 0) is 18.8 Å². The molecule has 0 aliphatic heterocycles. The average molecular weight is 248 g/mol. The van der Waals surface area contributed by atoms with E-state index in [1.54, 1.807) is 0 Å². The highest BCUT2D eigenvalue weighted by Crippen LogP contribution is 2.34. The summed E-state index contributed by atoms with van der Waals surface area (Å²) >= 11 is 0. The first-order chi connectivity index (χ1) is 8.36. The van der Waals surface area contributed by atoms with Crippen LogP contribution in [0.2, 0.25) is 0 Å². The molecular formula is C14H24N4. The van der Waals surface area contributed by atoms with Gasteiger partial charge in [-0.1, -0.05) is 40.5 Å². The van der Waals surface area contributed by atoms with Gasteiger partial charge in [0, 0.05) is 11.3 Å². The monoisotopic (exact) mass is 248 g/mol. The molecule has 1 fully saturated rings. The third-order valence-corrected chi connectivity index (χ3v) is 3.72. The molecule has 0 amide bonds. The molecule has 4 nitrogen and oxygen atoms in total. The second-order valence-electron chi connectivity index (χ2n) is 6.58. The molecule has 0 atom stereocenters. The Bertz CT molecular complexity index is 414. The Balaban J connectivity index is 2.25. The van der Waals surface area contributed by atoms with Crippen LogP contribution in [0, 0.1) is 5.92 Å². The standard InChI is InChI=1S/C14H24N4/c1-9-5-7-10(8-6-9)11-16-12(14(2,3)4)18-13(15)17-11/h9-10H,5-8H2,1-4H3,(H2,15,16,17,18). The first kappa shape index (κ1) is 13.2. The minimum atomic E-state index is -0.0756. The van der Waals surface area contributed by atoms with Gasteiger partial charge < -0.3 is 5.73 Å². The number of nitrogen functional groups attached to an aromatic ring is 1. The summed E-state index contributed by atoms with van der Waals surface area (Å²) in [7, 11) is 0. The molecule has 1 aliphatic carbocycles.